The van der Waals surface area contributed by atoms with Crippen molar-refractivity contribution in [3.8, 4) is 0 Å². The number of benzene rings is 2. The van der Waals surface area contributed by atoms with Gasteiger partial charge in [0, 0.05) is 16.7 Å². The van der Waals surface area contributed by atoms with E-state index in [0.29, 0.717) is 5.52 Å². The number of thioether (sulfide) groups is 1. The molecule has 0 spiro atoms. The molecule has 1 aromatic heterocycles. The van der Waals surface area contributed by atoms with Crippen LogP contribution >= 0.6 is 23.1 Å². The molecule has 0 radical (unpaired) electrons. The monoisotopic (exact) mass is 418 g/mol. The molecule has 1 N–H and O–H groups in total. The first-order valence-electron chi connectivity index (χ1n) is 9.21. The molecule has 0 bridgehead atoms. The maximum Gasteiger partial charge on any atom is 0.268 e. The van der Waals surface area contributed by atoms with E-state index in [1.165, 1.54) is 48.3 Å². The van der Waals surface area contributed by atoms with Crippen LogP contribution in [0.3, 0.4) is 0 Å². The van der Waals surface area contributed by atoms with E-state index in [0.717, 1.165) is 15.5 Å². The molecule has 4 rings (SSSR count). The first-order valence-corrected chi connectivity index (χ1v) is 12.4. The standard InChI is InChI=1S/C20H22N2O2S3/c23-27(24,20-22-18-8-4-5-9-19(18)26-20)21-14-15-10-12-17(13-11-15)25-16-6-2-1-3-7-16/h4-5,8-13,16,21H,1-3,6-7,14H2. The van der Waals surface area contributed by atoms with Crippen molar-refractivity contribution in [1.82, 2.24) is 9.71 Å². The second-order valence-corrected chi connectivity index (χ2v) is 11.1. The van der Waals surface area contributed by atoms with Gasteiger partial charge in [0.25, 0.3) is 10.0 Å². The molecule has 0 saturated heterocycles. The molecule has 7 heteroatoms. The zero-order valence-electron chi connectivity index (χ0n) is 14.9. The Balaban J connectivity index is 1.38. The van der Waals surface area contributed by atoms with Gasteiger partial charge in [-0.15, -0.1) is 23.1 Å². The van der Waals surface area contributed by atoms with Gasteiger partial charge in [0.2, 0.25) is 4.34 Å². The fraction of sp³-hybridized carbons (Fsp3) is 0.350. The Morgan fingerprint density at radius 3 is 2.52 bits per heavy atom. The van der Waals surface area contributed by atoms with Crippen molar-refractivity contribution in [1.29, 1.82) is 0 Å². The minimum Gasteiger partial charge on any atom is -0.224 e. The summed E-state index contributed by atoms with van der Waals surface area (Å²) in [5.41, 5.74) is 1.67. The molecular weight excluding hydrogens is 396 g/mol. The van der Waals surface area contributed by atoms with E-state index in [2.05, 4.69) is 21.8 Å². The van der Waals surface area contributed by atoms with Crippen LogP contribution < -0.4 is 4.72 Å². The largest absolute Gasteiger partial charge is 0.268 e. The molecule has 0 aliphatic heterocycles. The van der Waals surface area contributed by atoms with Gasteiger partial charge in [-0.05, 0) is 42.7 Å². The highest BCUT2D eigenvalue weighted by atomic mass is 32.2. The van der Waals surface area contributed by atoms with Gasteiger partial charge in [0.1, 0.15) is 0 Å². The number of nitrogens with one attached hydrogen (secondary N) is 1. The number of hydrogen-bond acceptors (Lipinski definition) is 5. The van der Waals surface area contributed by atoms with Crippen molar-refractivity contribution >= 4 is 43.3 Å². The number of thiazole rings is 1. The van der Waals surface area contributed by atoms with Crippen molar-refractivity contribution < 1.29 is 8.42 Å². The van der Waals surface area contributed by atoms with Gasteiger partial charge in [-0.25, -0.2) is 18.1 Å². The molecule has 1 fully saturated rings. The Bertz CT molecular complexity index is 974. The van der Waals surface area contributed by atoms with Crippen molar-refractivity contribution in [3.63, 3.8) is 0 Å². The van der Waals surface area contributed by atoms with E-state index < -0.39 is 10.0 Å². The number of rotatable bonds is 6. The normalized spacial score (nSPS) is 16.0. The van der Waals surface area contributed by atoms with Crippen LogP contribution in [0.25, 0.3) is 10.2 Å². The molecule has 142 valence electrons. The first kappa shape index (κ1) is 18.9. The van der Waals surface area contributed by atoms with Crippen molar-refractivity contribution in [2.75, 3.05) is 0 Å². The van der Waals surface area contributed by atoms with Crippen LogP contribution in [0.5, 0.6) is 0 Å². The van der Waals surface area contributed by atoms with E-state index in [1.807, 2.05) is 48.2 Å². The maximum absolute atomic E-state index is 12.5. The number of fused-ring (bicyclic) bond motifs is 1. The van der Waals surface area contributed by atoms with Gasteiger partial charge < -0.3 is 0 Å². The van der Waals surface area contributed by atoms with Crippen LogP contribution in [-0.4, -0.2) is 18.7 Å². The predicted molar refractivity (Wildman–Crippen MR) is 113 cm³/mol. The third-order valence-corrected chi connectivity index (χ3v) is 8.91. The summed E-state index contributed by atoms with van der Waals surface area (Å²) in [6, 6.07) is 15.7. The number of para-hydroxylation sites is 1. The summed E-state index contributed by atoms with van der Waals surface area (Å²) in [5, 5.41) is 0.724. The number of aromatic nitrogens is 1. The number of nitrogens with zero attached hydrogens (tertiary/aromatic N) is 1. The molecule has 1 heterocycles. The van der Waals surface area contributed by atoms with Crippen LogP contribution in [0.1, 0.15) is 37.7 Å². The fourth-order valence-electron chi connectivity index (χ4n) is 3.27. The third-order valence-electron chi connectivity index (χ3n) is 4.75. The van der Waals surface area contributed by atoms with Gasteiger partial charge in [-0.1, -0.05) is 43.5 Å². The summed E-state index contributed by atoms with van der Waals surface area (Å²) >= 11 is 3.15. The van der Waals surface area contributed by atoms with Crippen molar-refractivity contribution in [2.24, 2.45) is 0 Å². The van der Waals surface area contributed by atoms with E-state index in [9.17, 15) is 8.42 Å². The third kappa shape index (κ3) is 4.71. The first-order chi connectivity index (χ1) is 13.1. The van der Waals surface area contributed by atoms with Crippen LogP contribution in [0.2, 0.25) is 0 Å². The molecule has 1 aliphatic carbocycles. The lowest BCUT2D eigenvalue weighted by atomic mass is 10.0. The van der Waals surface area contributed by atoms with Crippen molar-refractivity contribution in [3.05, 3.63) is 54.1 Å². The highest BCUT2D eigenvalue weighted by molar-refractivity contribution is 8.00. The van der Waals surface area contributed by atoms with E-state index in [4.69, 9.17) is 0 Å². The van der Waals surface area contributed by atoms with Crippen LogP contribution in [0.15, 0.2) is 57.8 Å². The Morgan fingerprint density at radius 1 is 1.04 bits per heavy atom. The highest BCUT2D eigenvalue weighted by Gasteiger charge is 2.19. The van der Waals surface area contributed by atoms with Crippen LogP contribution in [0, 0.1) is 0 Å². The maximum atomic E-state index is 12.5. The summed E-state index contributed by atoms with van der Waals surface area (Å²) in [4.78, 5) is 5.50. The second-order valence-electron chi connectivity index (χ2n) is 6.79. The average Bonchev–Trinajstić information content (AvgIpc) is 3.14. The molecular formula is C20H22N2O2S3. The summed E-state index contributed by atoms with van der Waals surface area (Å²) < 4.78 is 28.7. The molecule has 3 aromatic rings. The Labute approximate surface area is 168 Å². The quantitative estimate of drug-likeness (QED) is 0.598. The minimum absolute atomic E-state index is 0.119. The van der Waals surface area contributed by atoms with Gasteiger partial charge in [0.05, 0.1) is 10.2 Å². The average molecular weight is 419 g/mol. The number of sulfonamides is 1. The molecule has 4 nitrogen and oxygen atoms in total. The van der Waals surface area contributed by atoms with E-state index in [1.54, 1.807) is 0 Å². The highest BCUT2D eigenvalue weighted by Crippen LogP contribution is 2.33. The lowest BCUT2D eigenvalue weighted by molar-refractivity contribution is 0.516. The molecule has 0 amide bonds. The Morgan fingerprint density at radius 2 is 1.78 bits per heavy atom. The summed E-state index contributed by atoms with van der Waals surface area (Å²) in [7, 11) is -3.60. The second kappa shape index (κ2) is 8.31. The Hall–Kier alpha value is -1.41. The SMILES string of the molecule is O=S(=O)(NCc1ccc(SC2CCCCC2)cc1)c1nc2ccccc2s1. The summed E-state index contributed by atoms with van der Waals surface area (Å²) in [5.74, 6) is 0. The molecule has 2 aromatic carbocycles. The van der Waals surface area contributed by atoms with Crippen LogP contribution in [0.4, 0.5) is 0 Å². The molecule has 1 saturated carbocycles. The van der Waals surface area contributed by atoms with Gasteiger partial charge in [0.15, 0.2) is 0 Å². The number of hydrogen-bond donors (Lipinski definition) is 1. The smallest absolute Gasteiger partial charge is 0.224 e. The van der Waals surface area contributed by atoms with Gasteiger partial charge in [-0.3, -0.25) is 0 Å². The summed E-state index contributed by atoms with van der Waals surface area (Å²) in [6.07, 6.45) is 6.64. The van der Waals surface area contributed by atoms with E-state index in [-0.39, 0.29) is 10.9 Å². The fourth-order valence-corrected chi connectivity index (χ4v) is 6.80. The lowest BCUT2D eigenvalue weighted by Crippen LogP contribution is -2.23. The molecule has 1 aliphatic rings. The predicted octanol–water partition coefficient (Wildman–Crippen LogP) is 5.20. The topological polar surface area (TPSA) is 59.1 Å². The summed E-state index contributed by atoms with van der Waals surface area (Å²) in [6.45, 7) is 0.270. The zero-order valence-corrected chi connectivity index (χ0v) is 17.4. The molecule has 27 heavy (non-hydrogen) atoms. The Kier molecular flexibility index (Phi) is 5.82. The van der Waals surface area contributed by atoms with Crippen molar-refractivity contribution in [2.45, 2.75) is 53.1 Å². The lowest BCUT2D eigenvalue weighted by Gasteiger charge is -2.20. The van der Waals surface area contributed by atoms with E-state index >= 15 is 0 Å². The zero-order chi connectivity index (χ0) is 18.7. The molecule has 0 atom stereocenters. The van der Waals surface area contributed by atoms with Gasteiger partial charge >= 0.3 is 0 Å². The molecule has 0 unspecified atom stereocenters. The minimum atomic E-state index is -3.60. The van der Waals surface area contributed by atoms with Crippen LogP contribution in [-0.2, 0) is 16.6 Å². The van der Waals surface area contributed by atoms with Gasteiger partial charge in [-0.2, -0.15) is 0 Å².